The third-order valence-corrected chi connectivity index (χ3v) is 3.55. The van der Waals surface area contributed by atoms with E-state index in [4.69, 9.17) is 27.9 Å². The molecule has 4 nitrogen and oxygen atoms in total. The Morgan fingerprint density at radius 1 is 1.17 bits per heavy atom. The topological polar surface area (TPSA) is 53.3 Å². The molecular formula is C18H14Cl2N2O2. The predicted octanol–water partition coefficient (Wildman–Crippen LogP) is 5.10. The molecule has 0 N–H and O–H groups in total. The predicted molar refractivity (Wildman–Crippen MR) is 95.4 cm³/mol. The normalized spacial score (nSPS) is 10.8. The minimum absolute atomic E-state index is 0.119. The van der Waals surface area contributed by atoms with Crippen LogP contribution in [0, 0.1) is 11.3 Å². The van der Waals surface area contributed by atoms with Crippen molar-refractivity contribution < 1.29 is 9.53 Å². The van der Waals surface area contributed by atoms with E-state index in [-0.39, 0.29) is 12.2 Å². The van der Waals surface area contributed by atoms with Gasteiger partial charge in [-0.1, -0.05) is 29.3 Å². The van der Waals surface area contributed by atoms with Gasteiger partial charge in [0.15, 0.2) is 5.57 Å². The number of benzene rings is 2. The third-order valence-electron chi connectivity index (χ3n) is 3.07. The second-order valence-corrected chi connectivity index (χ2v) is 5.57. The van der Waals surface area contributed by atoms with E-state index in [1.165, 1.54) is 6.20 Å². The van der Waals surface area contributed by atoms with E-state index >= 15 is 0 Å². The molecule has 0 saturated carbocycles. The van der Waals surface area contributed by atoms with Gasteiger partial charge in [-0.25, -0.2) is 4.79 Å². The zero-order valence-corrected chi connectivity index (χ0v) is 14.4. The van der Waals surface area contributed by atoms with Gasteiger partial charge >= 0.3 is 5.97 Å². The Hall–Kier alpha value is -2.48. The van der Waals surface area contributed by atoms with E-state index in [9.17, 15) is 10.1 Å². The highest BCUT2D eigenvalue weighted by molar-refractivity contribution is 6.31. The summed E-state index contributed by atoms with van der Waals surface area (Å²) in [6.07, 6.45) is 1.42. The molecule has 0 aliphatic heterocycles. The number of rotatable bonds is 5. The van der Waals surface area contributed by atoms with Gasteiger partial charge in [0.25, 0.3) is 0 Å². The lowest BCUT2D eigenvalue weighted by molar-refractivity contribution is -0.138. The molecule has 0 atom stereocenters. The minimum atomic E-state index is -0.680. The van der Waals surface area contributed by atoms with E-state index in [0.717, 1.165) is 5.69 Å². The molecule has 0 heterocycles. The van der Waals surface area contributed by atoms with Crippen LogP contribution in [0.25, 0.3) is 0 Å². The summed E-state index contributed by atoms with van der Waals surface area (Å²) >= 11 is 12.0. The Morgan fingerprint density at radius 3 is 2.46 bits per heavy atom. The van der Waals surface area contributed by atoms with E-state index < -0.39 is 5.97 Å². The van der Waals surface area contributed by atoms with Crippen molar-refractivity contribution in [3.05, 3.63) is 70.3 Å². The van der Waals surface area contributed by atoms with Crippen molar-refractivity contribution in [1.29, 1.82) is 5.26 Å². The SMILES string of the molecule is CCOC(=O)/C(C#N)=C/N(c1ccc(Cl)cc1)c1cccc(Cl)c1. The molecule has 0 radical (unpaired) electrons. The van der Waals surface area contributed by atoms with Gasteiger partial charge in [-0.2, -0.15) is 5.26 Å². The van der Waals surface area contributed by atoms with Crippen LogP contribution in [0.3, 0.4) is 0 Å². The second kappa shape index (κ2) is 8.39. The fraction of sp³-hybridized carbons (Fsp3) is 0.111. The van der Waals surface area contributed by atoms with Crippen LogP contribution in [0.5, 0.6) is 0 Å². The maximum atomic E-state index is 11.9. The lowest BCUT2D eigenvalue weighted by Crippen LogP contribution is -2.14. The standard InChI is InChI=1S/C18H14Cl2N2O2/c1-2-24-18(23)13(11-21)12-22(16-8-6-14(19)7-9-16)17-5-3-4-15(20)10-17/h3-10,12H,2H2,1H3/b13-12+. The summed E-state index contributed by atoms with van der Waals surface area (Å²) < 4.78 is 4.91. The fourth-order valence-electron chi connectivity index (χ4n) is 1.99. The molecule has 24 heavy (non-hydrogen) atoms. The van der Waals surface area contributed by atoms with Crippen LogP contribution in [-0.2, 0) is 9.53 Å². The van der Waals surface area contributed by atoms with E-state index in [1.54, 1.807) is 54.3 Å². The number of ether oxygens (including phenoxy) is 1. The Morgan fingerprint density at radius 2 is 1.88 bits per heavy atom. The van der Waals surface area contributed by atoms with Crippen LogP contribution in [0.15, 0.2) is 60.3 Å². The van der Waals surface area contributed by atoms with E-state index in [2.05, 4.69) is 0 Å². The first-order chi connectivity index (χ1) is 11.5. The largest absolute Gasteiger partial charge is 0.462 e. The van der Waals surface area contributed by atoms with Crippen LogP contribution in [-0.4, -0.2) is 12.6 Å². The van der Waals surface area contributed by atoms with Crippen molar-refractivity contribution in [2.75, 3.05) is 11.5 Å². The Balaban J connectivity index is 2.52. The molecule has 0 bridgehead atoms. The Labute approximate surface area is 150 Å². The summed E-state index contributed by atoms with van der Waals surface area (Å²) in [6, 6.07) is 15.9. The number of hydrogen-bond acceptors (Lipinski definition) is 4. The summed E-state index contributed by atoms with van der Waals surface area (Å²) in [6.45, 7) is 1.87. The molecule has 6 heteroatoms. The highest BCUT2D eigenvalue weighted by Gasteiger charge is 2.15. The average molecular weight is 361 g/mol. The number of esters is 1. The maximum Gasteiger partial charge on any atom is 0.350 e. The van der Waals surface area contributed by atoms with Crippen LogP contribution >= 0.6 is 23.2 Å². The first-order valence-electron chi connectivity index (χ1n) is 7.14. The lowest BCUT2D eigenvalue weighted by atomic mass is 10.2. The highest BCUT2D eigenvalue weighted by atomic mass is 35.5. The lowest BCUT2D eigenvalue weighted by Gasteiger charge is -2.21. The van der Waals surface area contributed by atoms with Crippen molar-refractivity contribution in [2.24, 2.45) is 0 Å². The first-order valence-corrected chi connectivity index (χ1v) is 7.90. The molecule has 0 aliphatic rings. The van der Waals surface area contributed by atoms with Gasteiger partial charge in [0.05, 0.1) is 6.61 Å². The molecular weight excluding hydrogens is 347 g/mol. The third kappa shape index (κ3) is 4.51. The van der Waals surface area contributed by atoms with Gasteiger partial charge in [0, 0.05) is 27.6 Å². The summed E-state index contributed by atoms with van der Waals surface area (Å²) in [7, 11) is 0. The minimum Gasteiger partial charge on any atom is -0.462 e. The Bertz CT molecular complexity index is 795. The smallest absolute Gasteiger partial charge is 0.350 e. The molecule has 0 spiro atoms. The van der Waals surface area contributed by atoms with Crippen molar-refractivity contribution in [2.45, 2.75) is 6.92 Å². The molecule has 0 aliphatic carbocycles. The highest BCUT2D eigenvalue weighted by Crippen LogP contribution is 2.29. The van der Waals surface area contributed by atoms with Gasteiger partial charge in [0.1, 0.15) is 6.07 Å². The second-order valence-electron chi connectivity index (χ2n) is 4.70. The maximum absolute atomic E-state index is 11.9. The first kappa shape index (κ1) is 17.9. The van der Waals surface area contributed by atoms with E-state index in [1.807, 2.05) is 12.1 Å². The summed E-state index contributed by atoms with van der Waals surface area (Å²) in [5.41, 5.74) is 1.30. The average Bonchev–Trinajstić information content (AvgIpc) is 2.57. The summed E-state index contributed by atoms with van der Waals surface area (Å²) in [5, 5.41) is 10.4. The molecule has 2 aromatic rings. The fourth-order valence-corrected chi connectivity index (χ4v) is 2.30. The van der Waals surface area contributed by atoms with Gasteiger partial charge < -0.3 is 9.64 Å². The molecule has 2 rings (SSSR count). The molecule has 0 fully saturated rings. The number of halogens is 2. The summed E-state index contributed by atoms with van der Waals surface area (Å²) in [4.78, 5) is 13.6. The number of nitriles is 1. The van der Waals surface area contributed by atoms with Gasteiger partial charge in [-0.15, -0.1) is 0 Å². The molecule has 0 saturated heterocycles. The zero-order chi connectivity index (χ0) is 17.5. The molecule has 0 amide bonds. The number of anilines is 2. The van der Waals surface area contributed by atoms with Crippen LogP contribution in [0.2, 0.25) is 10.0 Å². The molecule has 122 valence electrons. The van der Waals surface area contributed by atoms with Crippen molar-refractivity contribution in [3.8, 4) is 6.07 Å². The van der Waals surface area contributed by atoms with Gasteiger partial charge in [-0.05, 0) is 49.4 Å². The number of carbonyl (C=O) groups is 1. The molecule has 0 aromatic heterocycles. The van der Waals surface area contributed by atoms with Crippen molar-refractivity contribution >= 4 is 40.5 Å². The quantitative estimate of drug-likeness (QED) is 0.422. The van der Waals surface area contributed by atoms with Crippen molar-refractivity contribution in [1.82, 2.24) is 0 Å². The zero-order valence-electron chi connectivity index (χ0n) is 12.9. The monoisotopic (exact) mass is 360 g/mol. The number of carbonyl (C=O) groups excluding carboxylic acids is 1. The number of hydrogen-bond donors (Lipinski definition) is 0. The van der Waals surface area contributed by atoms with Crippen molar-refractivity contribution in [3.63, 3.8) is 0 Å². The van der Waals surface area contributed by atoms with Gasteiger partial charge in [-0.3, -0.25) is 0 Å². The van der Waals surface area contributed by atoms with E-state index in [0.29, 0.717) is 15.7 Å². The van der Waals surface area contributed by atoms with Crippen LogP contribution in [0.1, 0.15) is 6.92 Å². The van der Waals surface area contributed by atoms with Crippen LogP contribution in [0.4, 0.5) is 11.4 Å². The van der Waals surface area contributed by atoms with Gasteiger partial charge in [0.2, 0.25) is 0 Å². The summed E-state index contributed by atoms with van der Waals surface area (Å²) in [5.74, 6) is -0.680. The molecule has 0 unspecified atom stereocenters. The van der Waals surface area contributed by atoms with Crippen LogP contribution < -0.4 is 4.90 Å². The molecule has 2 aromatic carbocycles. The number of nitrogens with zero attached hydrogens (tertiary/aromatic N) is 2. The Kier molecular flexibility index (Phi) is 6.25.